The molecule has 0 fully saturated rings. The van der Waals surface area contributed by atoms with Crippen molar-refractivity contribution in [1.82, 2.24) is 15.0 Å². The molecule has 9 heteroatoms. The number of nitrogens with zero attached hydrogens (tertiary/aromatic N) is 4. The van der Waals surface area contributed by atoms with Gasteiger partial charge >= 0.3 is 0 Å². The standard InChI is InChI=1S/C28H19Cl2N4O2P/c29-27-31-26(32-28(30)33-27)25(20-16-18-21(19-17-20)34(35)36)37(22-10-4-1-5-11-22,23-12-6-2-7-13-23)24-14-8-3-9-15-24/h1-19H. The lowest BCUT2D eigenvalue weighted by Gasteiger charge is -2.32. The van der Waals surface area contributed by atoms with Crippen LogP contribution < -0.4 is 15.9 Å². The highest BCUT2D eigenvalue weighted by Crippen LogP contribution is 2.49. The molecule has 5 rings (SSSR count). The van der Waals surface area contributed by atoms with Crippen molar-refractivity contribution >= 4 is 57.0 Å². The van der Waals surface area contributed by atoms with Crippen molar-refractivity contribution < 1.29 is 4.92 Å². The predicted octanol–water partition coefficient (Wildman–Crippen LogP) is 5.65. The summed E-state index contributed by atoms with van der Waals surface area (Å²) in [4.78, 5) is 24.0. The molecule has 0 radical (unpaired) electrons. The van der Waals surface area contributed by atoms with Crippen LogP contribution in [0.3, 0.4) is 0 Å². The van der Waals surface area contributed by atoms with Gasteiger partial charge in [-0.05, 0) is 63.7 Å². The average molecular weight is 545 g/mol. The highest BCUT2D eigenvalue weighted by atomic mass is 35.5. The van der Waals surface area contributed by atoms with Gasteiger partial charge in [0.1, 0.15) is 0 Å². The number of aromatic nitrogens is 3. The van der Waals surface area contributed by atoms with Crippen LogP contribution in [0.15, 0.2) is 115 Å². The van der Waals surface area contributed by atoms with Gasteiger partial charge in [-0.25, -0.2) is 0 Å². The van der Waals surface area contributed by atoms with Gasteiger partial charge in [0.15, 0.2) is 5.82 Å². The van der Waals surface area contributed by atoms with Crippen molar-refractivity contribution in [3.63, 3.8) is 0 Å². The molecule has 0 saturated heterocycles. The van der Waals surface area contributed by atoms with Crippen LogP contribution in [0.1, 0.15) is 11.4 Å². The molecular weight excluding hydrogens is 526 g/mol. The Morgan fingerprint density at radius 3 is 1.41 bits per heavy atom. The van der Waals surface area contributed by atoms with Crippen LogP contribution in [-0.4, -0.2) is 25.2 Å². The summed E-state index contributed by atoms with van der Waals surface area (Å²) in [6, 6.07) is 36.8. The van der Waals surface area contributed by atoms with E-state index in [1.54, 1.807) is 12.1 Å². The number of rotatable bonds is 6. The zero-order valence-corrected chi connectivity index (χ0v) is 21.7. The summed E-state index contributed by atoms with van der Waals surface area (Å²) < 4.78 is 0. The van der Waals surface area contributed by atoms with Gasteiger partial charge in [0.2, 0.25) is 10.6 Å². The lowest BCUT2D eigenvalue weighted by atomic mass is 10.1. The Morgan fingerprint density at radius 1 is 0.622 bits per heavy atom. The van der Waals surface area contributed by atoms with E-state index in [-0.39, 0.29) is 16.3 Å². The maximum Gasteiger partial charge on any atom is 0.269 e. The Bertz CT molecular complexity index is 1490. The number of non-ortho nitro benzene ring substituents is 1. The first-order chi connectivity index (χ1) is 18.0. The number of nitro benzene ring substituents is 1. The van der Waals surface area contributed by atoms with E-state index in [0.717, 1.165) is 21.2 Å². The molecule has 5 aromatic rings. The molecule has 0 aliphatic rings. The number of hydrogen-bond acceptors (Lipinski definition) is 5. The molecule has 6 nitrogen and oxygen atoms in total. The summed E-state index contributed by atoms with van der Waals surface area (Å²) in [6.07, 6.45) is 0. The third-order valence-corrected chi connectivity index (χ3v) is 10.6. The molecule has 182 valence electrons. The summed E-state index contributed by atoms with van der Waals surface area (Å²) in [5, 5.41) is 15.3. The summed E-state index contributed by atoms with van der Waals surface area (Å²) in [5.74, 6) is 0.309. The van der Waals surface area contributed by atoms with Gasteiger partial charge in [0, 0.05) is 17.4 Å². The quantitative estimate of drug-likeness (QED) is 0.157. The monoisotopic (exact) mass is 544 g/mol. The predicted molar refractivity (Wildman–Crippen MR) is 151 cm³/mol. The first kappa shape index (κ1) is 24.8. The SMILES string of the molecule is O=[N+]([O-])c1ccc(C(c2nc(Cl)nc(Cl)n2)=P(c2ccccc2)(c2ccccc2)c2ccccc2)cc1. The molecular formula is C28H19Cl2N4O2P. The number of halogens is 2. The maximum absolute atomic E-state index is 11.4. The second kappa shape index (κ2) is 10.7. The second-order valence-corrected chi connectivity index (χ2v) is 12.0. The topological polar surface area (TPSA) is 81.8 Å². The Balaban J connectivity index is 2.08. The fraction of sp³-hybridized carbons (Fsp3) is 0. The molecule has 0 bridgehead atoms. The molecule has 0 aliphatic heterocycles. The van der Waals surface area contributed by atoms with Gasteiger partial charge in [-0.1, -0.05) is 91.0 Å². The summed E-state index contributed by atoms with van der Waals surface area (Å²) >= 11 is 12.6. The Kier molecular flexibility index (Phi) is 7.15. The van der Waals surface area contributed by atoms with E-state index in [1.807, 2.05) is 54.6 Å². The minimum absolute atomic E-state index is 0.0159. The van der Waals surface area contributed by atoms with E-state index in [4.69, 9.17) is 23.2 Å². The van der Waals surface area contributed by atoms with Crippen LogP contribution in [0.25, 0.3) is 0 Å². The number of benzene rings is 4. The van der Waals surface area contributed by atoms with Crippen LogP contribution in [0.2, 0.25) is 10.6 Å². The van der Waals surface area contributed by atoms with Crippen molar-refractivity contribution in [2.24, 2.45) is 0 Å². The second-order valence-electron chi connectivity index (χ2n) is 8.03. The summed E-state index contributed by atoms with van der Waals surface area (Å²) in [7, 11) is 0. The van der Waals surface area contributed by atoms with Crippen LogP contribution in [0, 0.1) is 10.1 Å². The zero-order chi connectivity index (χ0) is 25.8. The number of hydrogen-bond donors (Lipinski definition) is 0. The van der Waals surface area contributed by atoms with E-state index >= 15 is 0 Å². The van der Waals surface area contributed by atoms with E-state index in [0.29, 0.717) is 11.4 Å². The van der Waals surface area contributed by atoms with Crippen LogP contribution in [0.4, 0.5) is 5.69 Å². The minimum atomic E-state index is -2.71. The van der Waals surface area contributed by atoms with Crippen molar-refractivity contribution in [3.05, 3.63) is 147 Å². The molecule has 0 N–H and O–H groups in total. The molecule has 0 unspecified atom stereocenters. The fourth-order valence-electron chi connectivity index (χ4n) is 4.43. The van der Waals surface area contributed by atoms with Gasteiger partial charge in [0.05, 0.1) is 4.92 Å². The average Bonchev–Trinajstić information content (AvgIpc) is 2.92. The summed E-state index contributed by atoms with van der Waals surface area (Å²) in [6.45, 7) is -2.71. The van der Waals surface area contributed by atoms with Gasteiger partial charge in [-0.2, -0.15) is 15.0 Å². The lowest BCUT2D eigenvalue weighted by Crippen LogP contribution is -2.32. The Hall–Kier alpha value is -3.83. The molecule has 1 aromatic heterocycles. The maximum atomic E-state index is 11.4. The van der Waals surface area contributed by atoms with Gasteiger partial charge in [-0.3, -0.25) is 10.1 Å². The normalized spacial score (nSPS) is 11.2. The van der Waals surface area contributed by atoms with Crippen LogP contribution in [0.5, 0.6) is 0 Å². The van der Waals surface area contributed by atoms with Gasteiger partial charge in [0.25, 0.3) is 5.69 Å². The van der Waals surface area contributed by atoms with Crippen LogP contribution in [-0.2, 0) is 0 Å². The molecule has 0 atom stereocenters. The molecule has 4 aromatic carbocycles. The lowest BCUT2D eigenvalue weighted by molar-refractivity contribution is -0.384. The molecule has 0 spiro atoms. The van der Waals surface area contributed by atoms with Crippen molar-refractivity contribution in [3.8, 4) is 0 Å². The van der Waals surface area contributed by atoms with E-state index in [2.05, 4.69) is 51.4 Å². The smallest absolute Gasteiger partial charge is 0.258 e. The van der Waals surface area contributed by atoms with Gasteiger partial charge < -0.3 is 0 Å². The third-order valence-electron chi connectivity index (χ3n) is 5.91. The van der Waals surface area contributed by atoms with E-state index < -0.39 is 11.8 Å². The minimum Gasteiger partial charge on any atom is -0.258 e. The van der Waals surface area contributed by atoms with Crippen molar-refractivity contribution in [1.29, 1.82) is 0 Å². The molecule has 0 amide bonds. The highest BCUT2D eigenvalue weighted by molar-refractivity contribution is 7.96. The van der Waals surface area contributed by atoms with E-state index in [1.165, 1.54) is 12.1 Å². The molecule has 0 aliphatic carbocycles. The van der Waals surface area contributed by atoms with E-state index in [9.17, 15) is 10.1 Å². The largest absolute Gasteiger partial charge is 0.269 e. The summed E-state index contributed by atoms with van der Waals surface area (Å²) in [5.41, 5.74) is 0.701. The number of nitro groups is 1. The zero-order valence-electron chi connectivity index (χ0n) is 19.3. The third kappa shape index (κ3) is 4.79. The molecule has 1 heterocycles. The Morgan fingerprint density at radius 2 is 1.03 bits per heavy atom. The molecule has 37 heavy (non-hydrogen) atoms. The van der Waals surface area contributed by atoms with Crippen LogP contribution >= 0.6 is 30.1 Å². The Labute approximate surface area is 223 Å². The van der Waals surface area contributed by atoms with Gasteiger partial charge in [-0.15, -0.1) is 0 Å². The fourth-order valence-corrected chi connectivity index (χ4v) is 9.26. The first-order valence-corrected chi connectivity index (χ1v) is 13.8. The highest BCUT2D eigenvalue weighted by Gasteiger charge is 2.33. The van der Waals surface area contributed by atoms with Crippen molar-refractivity contribution in [2.75, 3.05) is 0 Å². The van der Waals surface area contributed by atoms with Crippen molar-refractivity contribution in [2.45, 2.75) is 0 Å². The first-order valence-electron chi connectivity index (χ1n) is 11.3. The molecule has 0 saturated carbocycles.